The molecule has 0 fully saturated rings. The van der Waals surface area contributed by atoms with E-state index in [9.17, 15) is 24.3 Å². The van der Waals surface area contributed by atoms with Crippen molar-refractivity contribution < 1.29 is 24.3 Å². The molecule has 1 amide bonds. The first-order valence-electron chi connectivity index (χ1n) is 15.0. The van der Waals surface area contributed by atoms with Crippen LogP contribution in [0.2, 0.25) is 0 Å². The molecular weight excluding hydrogens is 468 g/mol. The van der Waals surface area contributed by atoms with Gasteiger partial charge in [-0.2, -0.15) is 0 Å². The zero-order chi connectivity index (χ0) is 27.7. The molecule has 0 aliphatic carbocycles. The molecule has 0 spiro atoms. The minimum atomic E-state index is -1.01. The van der Waals surface area contributed by atoms with Crippen molar-refractivity contribution in [3.05, 3.63) is 0 Å². The third-order valence-corrected chi connectivity index (χ3v) is 7.18. The monoisotopic (exact) mass is 524 g/mol. The van der Waals surface area contributed by atoms with Crippen molar-refractivity contribution in [1.82, 2.24) is 10.6 Å². The van der Waals surface area contributed by atoms with Crippen molar-refractivity contribution in [3.63, 3.8) is 0 Å². The molecule has 0 rings (SSSR count). The van der Waals surface area contributed by atoms with Crippen LogP contribution in [0.5, 0.6) is 0 Å². The number of amides is 1. The number of aliphatic carboxylic acids is 1. The molecule has 216 valence electrons. The predicted octanol–water partition coefficient (Wildman–Crippen LogP) is 6.37. The number of hydrogen-bond donors (Lipinski definition) is 3. The number of hydrogen-bond acceptors (Lipinski definition) is 5. The molecule has 0 aliphatic heterocycles. The molecule has 3 N–H and O–H groups in total. The van der Waals surface area contributed by atoms with Gasteiger partial charge in [-0.05, 0) is 46.1 Å². The lowest BCUT2D eigenvalue weighted by Gasteiger charge is -2.13. The molecule has 0 saturated heterocycles. The number of ketones is 2. The van der Waals surface area contributed by atoms with Crippen LogP contribution in [0.1, 0.15) is 142 Å². The number of likely N-dealkylation sites (N-methyl/N-ethyl adjacent to an activating group) is 1. The summed E-state index contributed by atoms with van der Waals surface area (Å²) in [5.41, 5.74) is 0. The van der Waals surface area contributed by atoms with Crippen LogP contribution in [0.4, 0.5) is 0 Å². The van der Waals surface area contributed by atoms with Gasteiger partial charge in [0.1, 0.15) is 11.6 Å². The van der Waals surface area contributed by atoms with E-state index >= 15 is 0 Å². The van der Waals surface area contributed by atoms with E-state index < -0.39 is 11.9 Å². The lowest BCUT2D eigenvalue weighted by Crippen LogP contribution is -2.32. The summed E-state index contributed by atoms with van der Waals surface area (Å²) in [5.74, 6) is -1.90. The summed E-state index contributed by atoms with van der Waals surface area (Å²) < 4.78 is 0. The lowest BCUT2D eigenvalue weighted by molar-refractivity contribution is -0.144. The second kappa shape index (κ2) is 24.6. The standard InChI is InChI=1S/C30H56N2O5/c1-4-5-6-7-8-9-10-11-12-13-14-15-16-19-27(34)24-26(30(36)37)21-22-29(35)32-23-18-17-20-28(31-3)25(2)33/h26,28,31H,4-24H2,1-3H3,(H,32,35)(H,36,37). The van der Waals surface area contributed by atoms with E-state index in [2.05, 4.69) is 17.6 Å². The number of carbonyl (C=O) groups excluding carboxylic acids is 3. The molecule has 2 atom stereocenters. The van der Waals surface area contributed by atoms with Crippen LogP contribution in [0, 0.1) is 5.92 Å². The zero-order valence-electron chi connectivity index (χ0n) is 24.1. The van der Waals surface area contributed by atoms with Crippen LogP contribution in [0.25, 0.3) is 0 Å². The minimum absolute atomic E-state index is 0.0112. The second-order valence-corrected chi connectivity index (χ2v) is 10.6. The Kier molecular flexibility index (Phi) is 23.4. The molecule has 0 aromatic heterocycles. The first-order chi connectivity index (χ1) is 17.8. The molecule has 7 heteroatoms. The average molecular weight is 525 g/mol. The smallest absolute Gasteiger partial charge is 0.306 e. The number of Topliss-reactive ketones (excluding diaryl/α,β-unsaturated/α-hetero) is 2. The van der Waals surface area contributed by atoms with Gasteiger partial charge in [-0.15, -0.1) is 0 Å². The molecule has 0 bridgehead atoms. The van der Waals surface area contributed by atoms with Crippen molar-refractivity contribution in [1.29, 1.82) is 0 Å². The Morgan fingerprint density at radius 1 is 0.703 bits per heavy atom. The van der Waals surface area contributed by atoms with E-state index in [4.69, 9.17) is 0 Å². The van der Waals surface area contributed by atoms with E-state index in [0.29, 0.717) is 13.0 Å². The van der Waals surface area contributed by atoms with Crippen LogP contribution < -0.4 is 10.6 Å². The summed E-state index contributed by atoms with van der Waals surface area (Å²) in [5, 5.41) is 15.3. The Balaban J connectivity index is 3.82. The molecule has 0 heterocycles. The summed E-state index contributed by atoms with van der Waals surface area (Å²) >= 11 is 0. The highest BCUT2D eigenvalue weighted by Gasteiger charge is 2.22. The van der Waals surface area contributed by atoms with E-state index in [0.717, 1.165) is 38.5 Å². The summed E-state index contributed by atoms with van der Waals surface area (Å²) in [6.07, 6.45) is 19.2. The summed E-state index contributed by atoms with van der Waals surface area (Å²) in [4.78, 5) is 47.3. The number of nitrogens with one attached hydrogen (secondary N) is 2. The third kappa shape index (κ3) is 22.0. The largest absolute Gasteiger partial charge is 0.481 e. The molecule has 0 aromatic rings. The van der Waals surface area contributed by atoms with Crippen molar-refractivity contribution in [2.24, 2.45) is 5.92 Å². The number of unbranched alkanes of at least 4 members (excludes halogenated alkanes) is 13. The Morgan fingerprint density at radius 2 is 1.24 bits per heavy atom. The first kappa shape index (κ1) is 35.2. The molecule has 0 saturated carbocycles. The summed E-state index contributed by atoms with van der Waals surface area (Å²) in [7, 11) is 1.76. The topological polar surface area (TPSA) is 113 Å². The van der Waals surface area contributed by atoms with E-state index in [-0.39, 0.29) is 42.8 Å². The second-order valence-electron chi connectivity index (χ2n) is 10.6. The number of carboxylic acids is 1. The molecule has 7 nitrogen and oxygen atoms in total. The van der Waals surface area contributed by atoms with Crippen molar-refractivity contribution in [2.75, 3.05) is 13.6 Å². The average Bonchev–Trinajstić information content (AvgIpc) is 2.86. The molecule has 37 heavy (non-hydrogen) atoms. The number of carboxylic acid groups (broad SMARTS) is 1. The maximum absolute atomic E-state index is 12.3. The predicted molar refractivity (Wildman–Crippen MR) is 151 cm³/mol. The maximum atomic E-state index is 12.3. The highest BCUT2D eigenvalue weighted by molar-refractivity contribution is 5.84. The van der Waals surface area contributed by atoms with Crippen LogP contribution in [0.15, 0.2) is 0 Å². The maximum Gasteiger partial charge on any atom is 0.306 e. The lowest BCUT2D eigenvalue weighted by atomic mass is 9.94. The Morgan fingerprint density at radius 3 is 1.73 bits per heavy atom. The van der Waals surface area contributed by atoms with Crippen LogP contribution in [-0.4, -0.2) is 48.2 Å². The normalized spacial score (nSPS) is 12.7. The van der Waals surface area contributed by atoms with Gasteiger partial charge < -0.3 is 15.7 Å². The van der Waals surface area contributed by atoms with Crippen molar-refractivity contribution >= 4 is 23.4 Å². The molecule has 0 aromatic carbocycles. The quantitative estimate of drug-likeness (QED) is 0.108. The van der Waals surface area contributed by atoms with Crippen molar-refractivity contribution in [2.45, 2.75) is 148 Å². The highest BCUT2D eigenvalue weighted by atomic mass is 16.4. The molecule has 0 radical (unpaired) electrons. The van der Waals surface area contributed by atoms with Gasteiger partial charge in [-0.1, -0.05) is 84.0 Å². The fraction of sp³-hybridized carbons (Fsp3) is 0.867. The molecule has 0 aliphatic rings. The zero-order valence-corrected chi connectivity index (χ0v) is 24.1. The molecule has 2 unspecified atom stereocenters. The van der Waals surface area contributed by atoms with Gasteiger partial charge >= 0.3 is 5.97 Å². The van der Waals surface area contributed by atoms with Crippen LogP contribution in [-0.2, 0) is 19.2 Å². The van der Waals surface area contributed by atoms with Gasteiger partial charge in [0.15, 0.2) is 0 Å². The van der Waals surface area contributed by atoms with Crippen molar-refractivity contribution in [3.8, 4) is 0 Å². The van der Waals surface area contributed by atoms with Gasteiger partial charge in [-0.3, -0.25) is 19.2 Å². The van der Waals surface area contributed by atoms with E-state index in [1.54, 1.807) is 14.0 Å². The summed E-state index contributed by atoms with van der Waals surface area (Å²) in [6, 6.07) is -0.149. The first-order valence-corrected chi connectivity index (χ1v) is 15.0. The van der Waals surface area contributed by atoms with Crippen LogP contribution >= 0.6 is 0 Å². The highest BCUT2D eigenvalue weighted by Crippen LogP contribution is 2.16. The van der Waals surface area contributed by atoms with Gasteiger partial charge in [0.25, 0.3) is 0 Å². The Bertz CT molecular complexity index is 623. The number of rotatable bonds is 27. The van der Waals surface area contributed by atoms with E-state index in [1.807, 2.05) is 0 Å². The van der Waals surface area contributed by atoms with Gasteiger partial charge in [0, 0.05) is 25.8 Å². The Labute approximate surface area is 226 Å². The molecular formula is C30H56N2O5. The fourth-order valence-corrected chi connectivity index (χ4v) is 4.68. The van der Waals surface area contributed by atoms with Gasteiger partial charge in [0.2, 0.25) is 5.91 Å². The Hall–Kier alpha value is -1.76. The summed E-state index contributed by atoms with van der Waals surface area (Å²) in [6.45, 7) is 4.31. The van der Waals surface area contributed by atoms with Gasteiger partial charge in [-0.25, -0.2) is 0 Å². The van der Waals surface area contributed by atoms with E-state index in [1.165, 1.54) is 64.2 Å². The SMILES string of the molecule is CCCCCCCCCCCCCCCC(=O)CC(CCC(=O)NCCCCC(NC)C(C)=O)C(=O)O. The minimum Gasteiger partial charge on any atom is -0.481 e. The third-order valence-electron chi connectivity index (χ3n) is 7.18. The fourth-order valence-electron chi connectivity index (χ4n) is 4.68. The number of carbonyl (C=O) groups is 4. The van der Waals surface area contributed by atoms with Gasteiger partial charge in [0.05, 0.1) is 12.0 Å². The van der Waals surface area contributed by atoms with Crippen LogP contribution in [0.3, 0.4) is 0 Å².